The van der Waals surface area contributed by atoms with Crippen LogP contribution in [0.5, 0.6) is 0 Å². The van der Waals surface area contributed by atoms with Crippen LogP contribution in [0.1, 0.15) is 6.92 Å². The average molecular weight is 222 g/mol. The minimum Gasteiger partial charge on any atom is -0.276 e. The first kappa shape index (κ1) is 11.2. The maximum absolute atomic E-state index is 10.4. The zero-order chi connectivity index (χ0) is 9.12. The summed E-state index contributed by atoms with van der Waals surface area (Å²) in [4.78, 5) is 0. The molecule has 0 heterocycles. The van der Waals surface area contributed by atoms with Crippen LogP contribution >= 0.6 is 9.83 Å². The van der Waals surface area contributed by atoms with Gasteiger partial charge in [0.2, 0.25) is 0 Å². The van der Waals surface area contributed by atoms with Gasteiger partial charge in [-0.3, -0.25) is 8.74 Å². The van der Waals surface area contributed by atoms with E-state index in [0.29, 0.717) is 0 Å². The quantitative estimate of drug-likeness (QED) is 0.519. The first-order valence-electron chi connectivity index (χ1n) is 2.35. The minimum atomic E-state index is -4.60. The van der Waals surface area contributed by atoms with Gasteiger partial charge in [-0.1, -0.05) is 0 Å². The maximum Gasteiger partial charge on any atom is 0.339 e. The van der Waals surface area contributed by atoms with E-state index in [-0.39, 0.29) is 6.61 Å². The standard InChI is InChI=1S/C2H6O6S3/c1-2-8-11(6,7)9-10(3,4)5/h2H2,1H3,(H,3,4,5). The van der Waals surface area contributed by atoms with Gasteiger partial charge in [0.05, 0.1) is 6.61 Å². The lowest BCUT2D eigenvalue weighted by molar-refractivity contribution is 0.350. The monoisotopic (exact) mass is 222 g/mol. The molecule has 0 aromatic heterocycles. The topological polar surface area (TPSA) is 97.7 Å². The van der Waals surface area contributed by atoms with Gasteiger partial charge in [-0.25, -0.2) is 0 Å². The van der Waals surface area contributed by atoms with Crippen molar-refractivity contribution in [1.29, 1.82) is 0 Å². The molecule has 0 spiro atoms. The van der Waals surface area contributed by atoms with Gasteiger partial charge in [-0.05, 0) is 6.92 Å². The molecule has 0 saturated heterocycles. The van der Waals surface area contributed by atoms with Crippen molar-refractivity contribution < 1.29 is 25.6 Å². The van der Waals surface area contributed by atoms with Gasteiger partial charge in [0.1, 0.15) is 0 Å². The lowest BCUT2D eigenvalue weighted by Gasteiger charge is -1.97. The lowest BCUT2D eigenvalue weighted by atomic mass is 10.9. The van der Waals surface area contributed by atoms with Crippen molar-refractivity contribution in [3.8, 4) is 0 Å². The molecular formula is C2H6O6S3. The van der Waals surface area contributed by atoms with Gasteiger partial charge in [0.25, 0.3) is 0 Å². The van der Waals surface area contributed by atoms with Crippen LogP contribution in [0.15, 0.2) is 0 Å². The molecule has 0 bridgehead atoms. The van der Waals surface area contributed by atoms with Crippen molar-refractivity contribution in [3.63, 3.8) is 0 Å². The summed E-state index contributed by atoms with van der Waals surface area (Å²) in [6.45, 7) is 1.20. The summed E-state index contributed by atoms with van der Waals surface area (Å²) in [7, 11) is -9.45. The molecule has 11 heavy (non-hydrogen) atoms. The van der Waals surface area contributed by atoms with Crippen molar-refractivity contribution in [1.82, 2.24) is 0 Å². The Balaban J connectivity index is 4.40. The van der Waals surface area contributed by atoms with E-state index in [4.69, 9.17) is 4.55 Å². The Bertz CT molecular complexity index is 297. The Morgan fingerprint density at radius 2 is 1.82 bits per heavy atom. The molecule has 0 aliphatic carbocycles. The second-order valence-corrected chi connectivity index (χ2v) is 7.48. The van der Waals surface area contributed by atoms with E-state index in [9.17, 15) is 16.8 Å². The third-order valence-corrected chi connectivity index (χ3v) is 5.65. The highest BCUT2D eigenvalue weighted by atomic mass is 33.5. The summed E-state index contributed by atoms with van der Waals surface area (Å²) in [6.07, 6.45) is 0. The van der Waals surface area contributed by atoms with E-state index in [1.54, 1.807) is 0 Å². The second kappa shape index (κ2) is 3.72. The molecule has 0 rings (SSSR count). The Hall–Kier alpha value is 0.170. The van der Waals surface area contributed by atoms with E-state index < -0.39 is 28.1 Å². The van der Waals surface area contributed by atoms with Crippen LogP contribution in [-0.2, 0) is 22.5 Å². The third kappa shape index (κ3) is 6.56. The molecule has 0 aliphatic heterocycles. The molecule has 0 aromatic rings. The van der Waals surface area contributed by atoms with Crippen LogP contribution in [0.4, 0.5) is 0 Å². The Kier molecular flexibility index (Phi) is 3.77. The van der Waals surface area contributed by atoms with Crippen LogP contribution < -0.4 is 0 Å². The molecule has 1 N–H and O–H groups in total. The summed E-state index contributed by atoms with van der Waals surface area (Å²) in [5.74, 6) is 0. The summed E-state index contributed by atoms with van der Waals surface area (Å²) < 4.78 is 52.9. The Labute approximate surface area is 67.6 Å². The van der Waals surface area contributed by atoms with Crippen LogP contribution in [0, 0.1) is 0 Å². The highest BCUT2D eigenvalue weighted by molar-refractivity contribution is 9.02. The molecule has 9 heteroatoms. The smallest absolute Gasteiger partial charge is 0.276 e. The molecule has 0 unspecified atom stereocenters. The van der Waals surface area contributed by atoms with E-state index >= 15 is 0 Å². The first-order valence-corrected chi connectivity index (χ1v) is 7.04. The molecule has 0 atom stereocenters. The maximum atomic E-state index is 10.4. The SMILES string of the molecule is CCOS(=O)(=O)SS(=O)(=O)O. The summed E-state index contributed by atoms with van der Waals surface area (Å²) >= 11 is 0. The predicted molar refractivity (Wildman–Crippen MR) is 39.7 cm³/mol. The highest BCUT2D eigenvalue weighted by Gasteiger charge is 2.21. The van der Waals surface area contributed by atoms with Crippen molar-refractivity contribution >= 4 is 28.1 Å². The van der Waals surface area contributed by atoms with E-state index in [0.717, 1.165) is 0 Å². The van der Waals surface area contributed by atoms with Crippen LogP contribution in [0.2, 0.25) is 0 Å². The largest absolute Gasteiger partial charge is 0.339 e. The Morgan fingerprint density at radius 3 is 2.09 bits per heavy atom. The van der Waals surface area contributed by atoms with E-state index in [1.807, 2.05) is 0 Å². The normalized spacial score (nSPS) is 13.3. The molecule has 6 nitrogen and oxygen atoms in total. The zero-order valence-electron chi connectivity index (χ0n) is 5.42. The lowest BCUT2D eigenvalue weighted by Crippen LogP contribution is -2.04. The fraction of sp³-hybridized carbons (Fsp3) is 1.00. The van der Waals surface area contributed by atoms with Crippen molar-refractivity contribution in [2.24, 2.45) is 0 Å². The average Bonchev–Trinajstić information content (AvgIpc) is 1.55. The van der Waals surface area contributed by atoms with Crippen LogP contribution in [0.3, 0.4) is 0 Å². The van der Waals surface area contributed by atoms with Crippen molar-refractivity contribution in [2.45, 2.75) is 6.92 Å². The van der Waals surface area contributed by atoms with Gasteiger partial charge in [0, 0.05) is 0 Å². The molecule has 0 fully saturated rings. The third-order valence-electron chi connectivity index (χ3n) is 0.432. The number of hydrogen-bond acceptors (Lipinski definition) is 6. The first-order chi connectivity index (χ1) is 4.77. The van der Waals surface area contributed by atoms with Gasteiger partial charge >= 0.3 is 18.3 Å². The molecular weight excluding hydrogens is 216 g/mol. The molecule has 68 valence electrons. The zero-order valence-corrected chi connectivity index (χ0v) is 7.87. The fourth-order valence-electron chi connectivity index (χ4n) is 0.269. The minimum absolute atomic E-state index is 0.176. The van der Waals surface area contributed by atoms with Gasteiger partial charge in [0.15, 0.2) is 9.83 Å². The van der Waals surface area contributed by atoms with E-state index in [1.165, 1.54) is 6.92 Å². The Morgan fingerprint density at radius 1 is 1.36 bits per heavy atom. The fourth-order valence-corrected chi connectivity index (χ4v) is 4.10. The summed E-state index contributed by atoms with van der Waals surface area (Å²) in [6, 6.07) is 0. The van der Waals surface area contributed by atoms with Crippen molar-refractivity contribution in [2.75, 3.05) is 6.61 Å². The number of hydrogen-bond donors (Lipinski definition) is 1. The van der Waals surface area contributed by atoms with Gasteiger partial charge in [-0.15, -0.1) is 0 Å². The summed E-state index contributed by atoms with van der Waals surface area (Å²) in [5, 5.41) is 0. The molecule has 0 amide bonds. The molecule has 0 aromatic carbocycles. The van der Waals surface area contributed by atoms with E-state index in [2.05, 4.69) is 4.18 Å². The van der Waals surface area contributed by atoms with Gasteiger partial charge < -0.3 is 0 Å². The molecule has 0 radical (unpaired) electrons. The molecule has 0 aliphatic rings. The molecule has 0 saturated carbocycles. The van der Waals surface area contributed by atoms with Gasteiger partial charge in [-0.2, -0.15) is 16.8 Å². The highest BCUT2D eigenvalue weighted by Crippen LogP contribution is 2.19. The summed E-state index contributed by atoms with van der Waals surface area (Å²) in [5.41, 5.74) is 0. The predicted octanol–water partition coefficient (Wildman–Crippen LogP) is -0.196. The number of rotatable bonds is 4. The van der Waals surface area contributed by atoms with Crippen molar-refractivity contribution in [3.05, 3.63) is 0 Å². The second-order valence-electron chi connectivity index (χ2n) is 1.31. The van der Waals surface area contributed by atoms with Crippen LogP contribution in [-0.4, -0.2) is 28.0 Å². The van der Waals surface area contributed by atoms with Crippen LogP contribution in [0.25, 0.3) is 0 Å².